The molecule has 0 aromatic heterocycles. The van der Waals surface area contributed by atoms with E-state index in [1.54, 1.807) is 0 Å². The van der Waals surface area contributed by atoms with Crippen LogP contribution < -0.4 is 4.90 Å². The number of hydrogen-bond donors (Lipinski definition) is 1. The number of likely N-dealkylation sites (N-methyl/N-ethyl adjacent to an activating group) is 1. The smallest absolute Gasteiger partial charge is 0.0558 e. The lowest BCUT2D eigenvalue weighted by atomic mass is 10.2. The van der Waals surface area contributed by atoms with Crippen molar-refractivity contribution < 1.29 is 5.11 Å². The van der Waals surface area contributed by atoms with Gasteiger partial charge in [0, 0.05) is 31.9 Å². The summed E-state index contributed by atoms with van der Waals surface area (Å²) in [5.41, 5.74) is 2.59. The van der Waals surface area contributed by atoms with Gasteiger partial charge in [0.2, 0.25) is 0 Å². The summed E-state index contributed by atoms with van der Waals surface area (Å²) in [6.07, 6.45) is 0. The largest absolute Gasteiger partial charge is 0.395 e. The van der Waals surface area contributed by atoms with Gasteiger partial charge in [-0.05, 0) is 38.1 Å². The van der Waals surface area contributed by atoms with Gasteiger partial charge in [0.25, 0.3) is 0 Å². The van der Waals surface area contributed by atoms with Crippen molar-refractivity contribution in [3.63, 3.8) is 0 Å². The Morgan fingerprint density at radius 2 is 1.56 bits per heavy atom. The fourth-order valence-electron chi connectivity index (χ4n) is 2.15. The summed E-state index contributed by atoms with van der Waals surface area (Å²) in [5, 5.41) is 8.98. The molecule has 3 nitrogen and oxygen atoms in total. The quantitative estimate of drug-likeness (QED) is 0.767. The summed E-state index contributed by atoms with van der Waals surface area (Å²) in [6.45, 7) is 11.4. The summed E-state index contributed by atoms with van der Waals surface area (Å²) >= 11 is 0. The van der Waals surface area contributed by atoms with Crippen LogP contribution in [0.3, 0.4) is 0 Å². The van der Waals surface area contributed by atoms with Gasteiger partial charge < -0.3 is 10.0 Å². The SMILES string of the molecule is CCN(CCO)Cc1ccc(N(CC)CC)cc1. The average Bonchev–Trinajstić information content (AvgIpc) is 2.41. The Morgan fingerprint density at radius 3 is 2.00 bits per heavy atom. The first-order valence-electron chi connectivity index (χ1n) is 6.92. The summed E-state index contributed by atoms with van der Waals surface area (Å²) in [5.74, 6) is 0. The Bertz CT molecular complexity index is 320. The molecule has 0 unspecified atom stereocenters. The second-order valence-electron chi connectivity index (χ2n) is 4.43. The Labute approximate surface area is 111 Å². The van der Waals surface area contributed by atoms with E-state index in [0.29, 0.717) is 0 Å². The number of anilines is 1. The predicted octanol–water partition coefficient (Wildman–Crippen LogP) is 2.35. The first-order chi connectivity index (χ1) is 8.74. The normalized spacial score (nSPS) is 10.9. The molecule has 0 bridgehead atoms. The van der Waals surface area contributed by atoms with Crippen LogP contribution in [0.25, 0.3) is 0 Å². The third-order valence-corrected chi connectivity index (χ3v) is 3.33. The second kappa shape index (κ2) is 8.11. The zero-order valence-corrected chi connectivity index (χ0v) is 11.9. The third-order valence-electron chi connectivity index (χ3n) is 3.33. The minimum absolute atomic E-state index is 0.228. The zero-order valence-electron chi connectivity index (χ0n) is 11.9. The number of aliphatic hydroxyl groups is 1. The number of rotatable bonds is 8. The van der Waals surface area contributed by atoms with Crippen molar-refractivity contribution >= 4 is 5.69 Å². The molecule has 0 amide bonds. The second-order valence-corrected chi connectivity index (χ2v) is 4.43. The fraction of sp³-hybridized carbons (Fsp3) is 0.600. The van der Waals surface area contributed by atoms with Crippen molar-refractivity contribution in [2.45, 2.75) is 27.3 Å². The molecule has 1 aromatic carbocycles. The molecule has 0 spiro atoms. The zero-order chi connectivity index (χ0) is 13.4. The van der Waals surface area contributed by atoms with E-state index in [1.807, 2.05) is 0 Å². The first kappa shape index (κ1) is 15.0. The van der Waals surface area contributed by atoms with Gasteiger partial charge in [0.1, 0.15) is 0 Å². The molecule has 0 atom stereocenters. The molecule has 0 radical (unpaired) electrons. The van der Waals surface area contributed by atoms with Crippen LogP contribution in [0.15, 0.2) is 24.3 Å². The maximum atomic E-state index is 8.98. The minimum atomic E-state index is 0.228. The molecular weight excluding hydrogens is 224 g/mol. The lowest BCUT2D eigenvalue weighted by Crippen LogP contribution is -2.26. The van der Waals surface area contributed by atoms with E-state index in [0.717, 1.165) is 32.7 Å². The van der Waals surface area contributed by atoms with Gasteiger partial charge in [-0.3, -0.25) is 4.90 Å². The number of benzene rings is 1. The standard InChI is InChI=1S/C15H26N2O/c1-4-16(11-12-18)13-14-7-9-15(10-8-14)17(5-2)6-3/h7-10,18H,4-6,11-13H2,1-3H3. The molecule has 0 saturated carbocycles. The van der Waals surface area contributed by atoms with E-state index in [9.17, 15) is 0 Å². The Morgan fingerprint density at radius 1 is 0.944 bits per heavy atom. The van der Waals surface area contributed by atoms with Gasteiger partial charge in [-0.2, -0.15) is 0 Å². The third kappa shape index (κ3) is 4.31. The summed E-state index contributed by atoms with van der Waals surface area (Å²) in [7, 11) is 0. The van der Waals surface area contributed by atoms with E-state index < -0.39 is 0 Å². The molecule has 0 aliphatic carbocycles. The van der Waals surface area contributed by atoms with Gasteiger partial charge in [-0.15, -0.1) is 0 Å². The molecule has 3 heteroatoms. The molecule has 102 valence electrons. The highest BCUT2D eigenvalue weighted by Gasteiger charge is 2.04. The van der Waals surface area contributed by atoms with Gasteiger partial charge in [0.15, 0.2) is 0 Å². The molecular formula is C15H26N2O. The highest BCUT2D eigenvalue weighted by molar-refractivity contribution is 5.47. The van der Waals surface area contributed by atoms with Gasteiger partial charge in [-0.1, -0.05) is 19.1 Å². The fourth-order valence-corrected chi connectivity index (χ4v) is 2.15. The molecule has 1 rings (SSSR count). The minimum Gasteiger partial charge on any atom is -0.395 e. The Balaban J connectivity index is 2.64. The van der Waals surface area contributed by atoms with Gasteiger partial charge >= 0.3 is 0 Å². The van der Waals surface area contributed by atoms with Crippen LogP contribution >= 0.6 is 0 Å². The monoisotopic (exact) mass is 250 g/mol. The Kier molecular flexibility index (Phi) is 6.76. The topological polar surface area (TPSA) is 26.7 Å². The molecule has 0 fully saturated rings. The van der Waals surface area contributed by atoms with Crippen LogP contribution in [-0.2, 0) is 6.54 Å². The van der Waals surface area contributed by atoms with Crippen molar-refractivity contribution in [3.8, 4) is 0 Å². The molecule has 0 saturated heterocycles. The molecule has 0 aliphatic rings. The van der Waals surface area contributed by atoms with Crippen LogP contribution in [0.2, 0.25) is 0 Å². The number of hydrogen-bond acceptors (Lipinski definition) is 3. The molecule has 0 heterocycles. The van der Waals surface area contributed by atoms with E-state index in [1.165, 1.54) is 11.3 Å². The highest BCUT2D eigenvalue weighted by Crippen LogP contribution is 2.15. The molecule has 1 aromatic rings. The van der Waals surface area contributed by atoms with Gasteiger partial charge in [0.05, 0.1) is 6.61 Å². The predicted molar refractivity (Wildman–Crippen MR) is 78.0 cm³/mol. The summed E-state index contributed by atoms with van der Waals surface area (Å²) in [4.78, 5) is 4.58. The van der Waals surface area contributed by atoms with Gasteiger partial charge in [-0.25, -0.2) is 0 Å². The van der Waals surface area contributed by atoms with E-state index in [2.05, 4.69) is 54.8 Å². The van der Waals surface area contributed by atoms with Crippen LogP contribution in [0.5, 0.6) is 0 Å². The molecule has 1 N–H and O–H groups in total. The van der Waals surface area contributed by atoms with Crippen molar-refractivity contribution in [2.75, 3.05) is 37.7 Å². The highest BCUT2D eigenvalue weighted by atomic mass is 16.3. The summed E-state index contributed by atoms with van der Waals surface area (Å²) in [6, 6.07) is 8.76. The average molecular weight is 250 g/mol. The Hall–Kier alpha value is -1.06. The van der Waals surface area contributed by atoms with Crippen LogP contribution in [0.1, 0.15) is 26.3 Å². The first-order valence-corrected chi connectivity index (χ1v) is 6.92. The number of aliphatic hydroxyl groups excluding tert-OH is 1. The molecule has 0 aliphatic heterocycles. The van der Waals surface area contributed by atoms with Crippen molar-refractivity contribution in [2.24, 2.45) is 0 Å². The van der Waals surface area contributed by atoms with E-state index >= 15 is 0 Å². The maximum absolute atomic E-state index is 8.98. The van der Waals surface area contributed by atoms with Crippen molar-refractivity contribution in [1.82, 2.24) is 4.90 Å². The lowest BCUT2D eigenvalue weighted by Gasteiger charge is -2.22. The van der Waals surface area contributed by atoms with E-state index in [4.69, 9.17) is 5.11 Å². The van der Waals surface area contributed by atoms with Crippen molar-refractivity contribution in [3.05, 3.63) is 29.8 Å². The summed E-state index contributed by atoms with van der Waals surface area (Å²) < 4.78 is 0. The lowest BCUT2D eigenvalue weighted by molar-refractivity contribution is 0.197. The maximum Gasteiger partial charge on any atom is 0.0558 e. The molecule has 18 heavy (non-hydrogen) atoms. The van der Waals surface area contributed by atoms with Crippen LogP contribution in [0.4, 0.5) is 5.69 Å². The van der Waals surface area contributed by atoms with E-state index in [-0.39, 0.29) is 6.61 Å². The number of nitrogens with zero attached hydrogens (tertiary/aromatic N) is 2. The van der Waals surface area contributed by atoms with Crippen LogP contribution in [-0.4, -0.2) is 42.8 Å². The van der Waals surface area contributed by atoms with Crippen LogP contribution in [0, 0.1) is 0 Å². The van der Waals surface area contributed by atoms with Crippen molar-refractivity contribution in [1.29, 1.82) is 0 Å².